The van der Waals surface area contributed by atoms with E-state index in [1.54, 1.807) is 7.11 Å². The van der Waals surface area contributed by atoms with Gasteiger partial charge in [0.25, 0.3) is 0 Å². The maximum Gasteiger partial charge on any atom is 0.129 e. The minimum Gasteiger partial charge on any atom is -0.497 e. The summed E-state index contributed by atoms with van der Waals surface area (Å²) < 4.78 is 11.0. The monoisotopic (exact) mass is 263 g/mol. The van der Waals surface area contributed by atoms with Crippen molar-refractivity contribution in [1.29, 1.82) is 0 Å². The molecule has 0 N–H and O–H groups in total. The van der Waals surface area contributed by atoms with Gasteiger partial charge in [-0.25, -0.2) is 4.98 Å². The van der Waals surface area contributed by atoms with Gasteiger partial charge in [0.05, 0.1) is 18.3 Å². The molecule has 0 bridgehead atoms. The molecule has 0 fully saturated rings. The second-order valence-corrected chi connectivity index (χ2v) is 4.84. The Morgan fingerprint density at radius 2 is 2.00 bits per heavy atom. The summed E-state index contributed by atoms with van der Waals surface area (Å²) in [7, 11) is 1.67. The Morgan fingerprint density at radius 3 is 2.90 bits per heavy atom. The quantitative estimate of drug-likeness (QED) is 0.669. The Kier molecular flexibility index (Phi) is 2.39. The van der Waals surface area contributed by atoms with Crippen LogP contribution in [-0.4, -0.2) is 12.1 Å². The minimum absolute atomic E-state index is 0.562. The highest BCUT2D eigenvalue weighted by Gasteiger charge is 2.18. The third-order valence-electron chi connectivity index (χ3n) is 3.63. The molecule has 2 aromatic carbocycles. The van der Waals surface area contributed by atoms with Crippen LogP contribution in [0.3, 0.4) is 0 Å². The molecule has 3 aromatic rings. The molecule has 20 heavy (non-hydrogen) atoms. The molecule has 98 valence electrons. The fraction of sp³-hybridized carbons (Fsp3) is 0.118. The lowest BCUT2D eigenvalue weighted by molar-refractivity contribution is 0.302. The molecule has 3 nitrogen and oxygen atoms in total. The van der Waals surface area contributed by atoms with Crippen molar-refractivity contribution in [2.75, 3.05) is 7.11 Å². The SMILES string of the molecule is COc1ccc2nc3c(cc2c1)COc1ccccc1-3. The van der Waals surface area contributed by atoms with Gasteiger partial charge >= 0.3 is 0 Å². The molecule has 2 heterocycles. The normalized spacial score (nSPS) is 12.4. The van der Waals surface area contributed by atoms with Crippen LogP contribution < -0.4 is 9.47 Å². The molecule has 1 aliphatic rings. The van der Waals surface area contributed by atoms with Crippen LogP contribution in [0.5, 0.6) is 11.5 Å². The van der Waals surface area contributed by atoms with Crippen LogP contribution >= 0.6 is 0 Å². The molecule has 0 spiro atoms. The third-order valence-corrected chi connectivity index (χ3v) is 3.63. The number of fused-ring (bicyclic) bond motifs is 4. The summed E-state index contributed by atoms with van der Waals surface area (Å²) in [5.41, 5.74) is 4.17. The van der Waals surface area contributed by atoms with Crippen LogP contribution in [0.25, 0.3) is 22.2 Å². The first-order valence-corrected chi connectivity index (χ1v) is 6.55. The highest BCUT2D eigenvalue weighted by atomic mass is 16.5. The Labute approximate surface area is 116 Å². The molecule has 0 atom stereocenters. The summed E-state index contributed by atoms with van der Waals surface area (Å²) in [6.07, 6.45) is 0. The van der Waals surface area contributed by atoms with E-state index >= 15 is 0 Å². The molecule has 1 aromatic heterocycles. The van der Waals surface area contributed by atoms with Gasteiger partial charge in [-0.1, -0.05) is 12.1 Å². The number of para-hydroxylation sites is 1. The molecule has 0 saturated heterocycles. The molecule has 0 amide bonds. The molecule has 0 unspecified atom stereocenters. The van der Waals surface area contributed by atoms with Crippen molar-refractivity contribution >= 4 is 10.9 Å². The zero-order valence-corrected chi connectivity index (χ0v) is 11.1. The number of aromatic nitrogens is 1. The van der Waals surface area contributed by atoms with E-state index in [2.05, 4.69) is 12.1 Å². The summed E-state index contributed by atoms with van der Waals surface area (Å²) in [5, 5.41) is 1.08. The molecule has 0 saturated carbocycles. The standard InChI is InChI=1S/C17H13NO2/c1-19-13-6-7-15-11(9-13)8-12-10-20-16-5-3-2-4-14(16)17(12)18-15/h2-9H,10H2,1H3. The first-order chi connectivity index (χ1) is 9.85. The van der Waals surface area contributed by atoms with Gasteiger partial charge < -0.3 is 9.47 Å². The van der Waals surface area contributed by atoms with Gasteiger partial charge in [-0.3, -0.25) is 0 Å². The minimum atomic E-state index is 0.562. The van der Waals surface area contributed by atoms with Gasteiger partial charge in [-0.15, -0.1) is 0 Å². The van der Waals surface area contributed by atoms with Crippen molar-refractivity contribution in [3.05, 3.63) is 54.1 Å². The highest BCUT2D eigenvalue weighted by Crippen LogP contribution is 2.37. The van der Waals surface area contributed by atoms with Gasteiger partial charge in [0, 0.05) is 16.5 Å². The number of hydrogen-bond donors (Lipinski definition) is 0. The van der Waals surface area contributed by atoms with Crippen molar-refractivity contribution in [2.24, 2.45) is 0 Å². The van der Waals surface area contributed by atoms with Crippen LogP contribution in [-0.2, 0) is 6.61 Å². The summed E-state index contributed by atoms with van der Waals surface area (Å²) >= 11 is 0. The molecular weight excluding hydrogens is 250 g/mol. The van der Waals surface area contributed by atoms with E-state index in [4.69, 9.17) is 14.5 Å². The smallest absolute Gasteiger partial charge is 0.129 e. The number of pyridine rings is 1. The van der Waals surface area contributed by atoms with Crippen LogP contribution in [0.1, 0.15) is 5.56 Å². The van der Waals surface area contributed by atoms with E-state index < -0.39 is 0 Å². The third kappa shape index (κ3) is 1.63. The van der Waals surface area contributed by atoms with E-state index in [1.165, 1.54) is 0 Å². The number of hydrogen-bond acceptors (Lipinski definition) is 3. The van der Waals surface area contributed by atoms with Crippen molar-refractivity contribution in [2.45, 2.75) is 6.61 Å². The maximum absolute atomic E-state index is 5.78. The van der Waals surface area contributed by atoms with E-state index in [0.29, 0.717) is 6.61 Å². The molecule has 1 aliphatic heterocycles. The predicted molar refractivity (Wildman–Crippen MR) is 78.1 cm³/mol. The van der Waals surface area contributed by atoms with Crippen molar-refractivity contribution < 1.29 is 9.47 Å². The number of benzene rings is 2. The average Bonchev–Trinajstić information content (AvgIpc) is 2.52. The van der Waals surface area contributed by atoms with Crippen LogP contribution in [0, 0.1) is 0 Å². The Hall–Kier alpha value is -2.55. The molecular formula is C17H13NO2. The van der Waals surface area contributed by atoms with Gasteiger partial charge in [0.2, 0.25) is 0 Å². The van der Waals surface area contributed by atoms with E-state index in [-0.39, 0.29) is 0 Å². The number of methoxy groups -OCH3 is 1. The fourth-order valence-corrected chi connectivity index (χ4v) is 2.61. The van der Waals surface area contributed by atoms with Crippen molar-refractivity contribution in [3.63, 3.8) is 0 Å². The van der Waals surface area contributed by atoms with Gasteiger partial charge in [0.15, 0.2) is 0 Å². The first kappa shape index (κ1) is 11.3. The number of ether oxygens (including phenoxy) is 2. The Bertz CT molecular complexity index is 811. The van der Waals surface area contributed by atoms with Crippen LogP contribution in [0.4, 0.5) is 0 Å². The predicted octanol–water partition coefficient (Wildman–Crippen LogP) is 3.80. The van der Waals surface area contributed by atoms with E-state index in [9.17, 15) is 0 Å². The number of nitrogens with zero attached hydrogens (tertiary/aromatic N) is 1. The van der Waals surface area contributed by atoms with Crippen molar-refractivity contribution in [1.82, 2.24) is 4.98 Å². The number of rotatable bonds is 1. The summed E-state index contributed by atoms with van der Waals surface area (Å²) in [5.74, 6) is 1.75. The second kappa shape index (κ2) is 4.23. The van der Waals surface area contributed by atoms with E-state index in [1.807, 2.05) is 36.4 Å². The fourth-order valence-electron chi connectivity index (χ4n) is 2.61. The topological polar surface area (TPSA) is 31.4 Å². The van der Waals surface area contributed by atoms with Crippen molar-refractivity contribution in [3.8, 4) is 22.8 Å². The zero-order valence-electron chi connectivity index (χ0n) is 11.1. The lowest BCUT2D eigenvalue weighted by Crippen LogP contribution is -2.07. The van der Waals surface area contributed by atoms with Crippen LogP contribution in [0.15, 0.2) is 48.5 Å². The lowest BCUT2D eigenvalue weighted by Gasteiger charge is -2.20. The van der Waals surface area contributed by atoms with Crippen LogP contribution in [0.2, 0.25) is 0 Å². The Morgan fingerprint density at radius 1 is 1.10 bits per heavy atom. The van der Waals surface area contributed by atoms with Gasteiger partial charge in [-0.2, -0.15) is 0 Å². The molecule has 0 aliphatic carbocycles. The van der Waals surface area contributed by atoms with E-state index in [0.717, 1.165) is 39.2 Å². The molecule has 4 rings (SSSR count). The summed E-state index contributed by atoms with van der Waals surface area (Å²) in [4.78, 5) is 4.80. The zero-order chi connectivity index (χ0) is 13.5. The summed E-state index contributed by atoms with van der Waals surface area (Å²) in [6.45, 7) is 0.562. The second-order valence-electron chi connectivity index (χ2n) is 4.84. The average molecular weight is 263 g/mol. The molecule has 0 radical (unpaired) electrons. The van der Waals surface area contributed by atoms with Gasteiger partial charge in [-0.05, 0) is 36.4 Å². The highest BCUT2D eigenvalue weighted by molar-refractivity contribution is 5.86. The maximum atomic E-state index is 5.78. The lowest BCUT2D eigenvalue weighted by atomic mass is 10.0. The first-order valence-electron chi connectivity index (χ1n) is 6.55. The van der Waals surface area contributed by atoms with Gasteiger partial charge in [0.1, 0.15) is 18.1 Å². The largest absolute Gasteiger partial charge is 0.497 e. The Balaban J connectivity index is 1.98. The summed E-state index contributed by atoms with van der Waals surface area (Å²) in [6, 6.07) is 16.1. The molecule has 3 heteroatoms.